The lowest BCUT2D eigenvalue weighted by atomic mass is 10.1. The number of halogens is 3. The standard InChI is InChI=1S/C13H11F3O2/c1-8-3-4-12(18-8)9-5-10(13(14,15)16)7-11(6-9)17-2/h3-7H,1-2H3. The zero-order chi connectivity index (χ0) is 13.3. The zero-order valence-electron chi connectivity index (χ0n) is 9.84. The lowest BCUT2D eigenvalue weighted by Gasteiger charge is -2.10. The van der Waals surface area contributed by atoms with E-state index in [-0.39, 0.29) is 5.75 Å². The molecule has 0 amide bonds. The number of benzene rings is 1. The molecular formula is C13H11F3O2. The van der Waals surface area contributed by atoms with Crippen LogP contribution in [0.2, 0.25) is 0 Å². The van der Waals surface area contributed by atoms with Crippen molar-refractivity contribution in [2.24, 2.45) is 0 Å². The predicted octanol–water partition coefficient (Wildman–Crippen LogP) is 4.28. The highest BCUT2D eigenvalue weighted by molar-refractivity contribution is 5.61. The van der Waals surface area contributed by atoms with Crippen molar-refractivity contribution in [2.45, 2.75) is 13.1 Å². The molecule has 0 spiro atoms. The Balaban J connectivity index is 2.54. The fraction of sp³-hybridized carbons (Fsp3) is 0.231. The summed E-state index contributed by atoms with van der Waals surface area (Å²) in [6, 6.07) is 6.83. The molecule has 0 aliphatic carbocycles. The molecule has 0 N–H and O–H groups in total. The average Bonchev–Trinajstić information content (AvgIpc) is 2.74. The van der Waals surface area contributed by atoms with E-state index in [2.05, 4.69) is 0 Å². The molecule has 2 rings (SSSR count). The Bertz CT molecular complexity index is 556. The van der Waals surface area contributed by atoms with Crippen molar-refractivity contribution in [1.29, 1.82) is 0 Å². The number of aryl methyl sites for hydroxylation is 1. The van der Waals surface area contributed by atoms with Gasteiger partial charge in [-0.05, 0) is 37.3 Å². The summed E-state index contributed by atoms with van der Waals surface area (Å²) in [5, 5.41) is 0. The van der Waals surface area contributed by atoms with Crippen molar-refractivity contribution in [2.75, 3.05) is 7.11 Å². The molecule has 2 nitrogen and oxygen atoms in total. The first kappa shape index (κ1) is 12.5. The van der Waals surface area contributed by atoms with E-state index in [0.717, 1.165) is 12.1 Å². The number of furan rings is 1. The van der Waals surface area contributed by atoms with Gasteiger partial charge in [0.1, 0.15) is 17.3 Å². The van der Waals surface area contributed by atoms with Gasteiger partial charge >= 0.3 is 6.18 Å². The van der Waals surface area contributed by atoms with Crippen LogP contribution in [0.1, 0.15) is 11.3 Å². The van der Waals surface area contributed by atoms with E-state index in [1.165, 1.54) is 13.2 Å². The maximum Gasteiger partial charge on any atom is 0.416 e. The first-order chi connectivity index (χ1) is 8.40. The minimum Gasteiger partial charge on any atom is -0.497 e. The van der Waals surface area contributed by atoms with Crippen LogP contribution in [0.15, 0.2) is 34.7 Å². The second-order valence-electron chi connectivity index (χ2n) is 3.86. The van der Waals surface area contributed by atoms with Crippen LogP contribution >= 0.6 is 0 Å². The Hall–Kier alpha value is -1.91. The minimum atomic E-state index is -4.41. The molecular weight excluding hydrogens is 245 g/mol. The molecule has 18 heavy (non-hydrogen) atoms. The Morgan fingerprint density at radius 1 is 1.11 bits per heavy atom. The quantitative estimate of drug-likeness (QED) is 0.800. The van der Waals surface area contributed by atoms with E-state index in [0.29, 0.717) is 17.1 Å². The number of rotatable bonds is 2. The minimum absolute atomic E-state index is 0.147. The lowest BCUT2D eigenvalue weighted by Crippen LogP contribution is -2.05. The molecule has 1 aromatic heterocycles. The van der Waals surface area contributed by atoms with Crippen LogP contribution in [0.3, 0.4) is 0 Å². The lowest BCUT2D eigenvalue weighted by molar-refractivity contribution is -0.137. The molecule has 1 heterocycles. The van der Waals surface area contributed by atoms with E-state index in [9.17, 15) is 13.2 Å². The number of ether oxygens (including phenoxy) is 1. The molecule has 0 aliphatic heterocycles. The predicted molar refractivity (Wildman–Crippen MR) is 60.4 cm³/mol. The van der Waals surface area contributed by atoms with Crippen LogP contribution in [-0.4, -0.2) is 7.11 Å². The highest BCUT2D eigenvalue weighted by Crippen LogP contribution is 2.35. The van der Waals surface area contributed by atoms with Gasteiger partial charge in [-0.15, -0.1) is 0 Å². The van der Waals surface area contributed by atoms with Gasteiger partial charge < -0.3 is 9.15 Å². The van der Waals surface area contributed by atoms with Crippen molar-refractivity contribution >= 4 is 0 Å². The van der Waals surface area contributed by atoms with Gasteiger partial charge in [0.2, 0.25) is 0 Å². The van der Waals surface area contributed by atoms with E-state index in [4.69, 9.17) is 9.15 Å². The van der Waals surface area contributed by atoms with E-state index in [1.54, 1.807) is 19.1 Å². The summed E-state index contributed by atoms with van der Waals surface area (Å²) in [6.07, 6.45) is -4.41. The Morgan fingerprint density at radius 3 is 2.33 bits per heavy atom. The molecule has 5 heteroatoms. The molecule has 0 bridgehead atoms. The van der Waals surface area contributed by atoms with Gasteiger partial charge in [0.15, 0.2) is 0 Å². The Morgan fingerprint density at radius 2 is 1.83 bits per heavy atom. The number of hydrogen-bond donors (Lipinski definition) is 0. The average molecular weight is 256 g/mol. The molecule has 0 saturated heterocycles. The third-order valence-electron chi connectivity index (χ3n) is 2.49. The molecule has 0 unspecified atom stereocenters. The van der Waals surface area contributed by atoms with Gasteiger partial charge in [0.25, 0.3) is 0 Å². The van der Waals surface area contributed by atoms with Crippen LogP contribution in [0, 0.1) is 6.92 Å². The van der Waals surface area contributed by atoms with E-state index < -0.39 is 11.7 Å². The second kappa shape index (κ2) is 4.40. The maximum absolute atomic E-state index is 12.7. The van der Waals surface area contributed by atoms with Gasteiger partial charge in [0.05, 0.1) is 12.7 Å². The third-order valence-corrected chi connectivity index (χ3v) is 2.49. The highest BCUT2D eigenvalue weighted by atomic mass is 19.4. The fourth-order valence-corrected chi connectivity index (χ4v) is 1.61. The van der Waals surface area contributed by atoms with Gasteiger partial charge in [-0.2, -0.15) is 13.2 Å². The summed E-state index contributed by atoms with van der Waals surface area (Å²) in [6.45, 7) is 1.73. The summed E-state index contributed by atoms with van der Waals surface area (Å²) in [5.74, 6) is 1.17. The third kappa shape index (κ3) is 2.50. The maximum atomic E-state index is 12.7. The van der Waals surface area contributed by atoms with Crippen molar-refractivity contribution in [3.8, 4) is 17.1 Å². The second-order valence-corrected chi connectivity index (χ2v) is 3.86. The smallest absolute Gasteiger partial charge is 0.416 e. The molecule has 0 atom stereocenters. The van der Waals surface area contributed by atoms with Crippen molar-refractivity contribution < 1.29 is 22.3 Å². The molecule has 0 fully saturated rings. The van der Waals surface area contributed by atoms with Crippen LogP contribution in [0.5, 0.6) is 5.75 Å². The van der Waals surface area contributed by atoms with Gasteiger partial charge in [-0.25, -0.2) is 0 Å². The van der Waals surface area contributed by atoms with Crippen LogP contribution < -0.4 is 4.74 Å². The topological polar surface area (TPSA) is 22.4 Å². The normalized spacial score (nSPS) is 11.6. The number of alkyl halides is 3. The van der Waals surface area contributed by atoms with Gasteiger partial charge in [-0.1, -0.05) is 0 Å². The van der Waals surface area contributed by atoms with Gasteiger partial charge in [-0.3, -0.25) is 0 Å². The monoisotopic (exact) mass is 256 g/mol. The summed E-state index contributed by atoms with van der Waals surface area (Å²) in [5.41, 5.74) is -0.416. The van der Waals surface area contributed by atoms with E-state index >= 15 is 0 Å². The highest BCUT2D eigenvalue weighted by Gasteiger charge is 2.31. The summed E-state index contributed by atoms with van der Waals surface area (Å²) in [4.78, 5) is 0. The largest absolute Gasteiger partial charge is 0.497 e. The first-order valence-corrected chi connectivity index (χ1v) is 5.23. The summed E-state index contributed by atoms with van der Waals surface area (Å²) >= 11 is 0. The molecule has 2 aromatic rings. The fourth-order valence-electron chi connectivity index (χ4n) is 1.61. The number of methoxy groups -OCH3 is 1. The Labute approximate surface area is 102 Å². The summed E-state index contributed by atoms with van der Waals surface area (Å²) in [7, 11) is 1.33. The SMILES string of the molecule is COc1cc(-c2ccc(C)o2)cc(C(F)(F)F)c1. The molecule has 0 radical (unpaired) electrons. The molecule has 96 valence electrons. The Kier molecular flexibility index (Phi) is 3.07. The van der Waals surface area contributed by atoms with Crippen LogP contribution in [0.4, 0.5) is 13.2 Å². The molecule has 1 aromatic carbocycles. The molecule has 0 aliphatic rings. The van der Waals surface area contributed by atoms with Crippen LogP contribution in [0.25, 0.3) is 11.3 Å². The van der Waals surface area contributed by atoms with Crippen molar-refractivity contribution in [1.82, 2.24) is 0 Å². The molecule has 0 saturated carbocycles. The van der Waals surface area contributed by atoms with Crippen molar-refractivity contribution in [3.05, 3.63) is 41.7 Å². The van der Waals surface area contributed by atoms with Crippen molar-refractivity contribution in [3.63, 3.8) is 0 Å². The van der Waals surface area contributed by atoms with E-state index in [1.807, 2.05) is 0 Å². The van der Waals surface area contributed by atoms with Gasteiger partial charge in [0, 0.05) is 5.56 Å². The first-order valence-electron chi connectivity index (χ1n) is 5.23. The van der Waals surface area contributed by atoms with Crippen LogP contribution in [-0.2, 0) is 6.18 Å². The summed E-state index contributed by atoms with van der Waals surface area (Å²) < 4.78 is 48.3. The number of hydrogen-bond acceptors (Lipinski definition) is 2. The zero-order valence-corrected chi connectivity index (χ0v) is 9.84.